The number of nitrogens with one attached hydrogen (secondary N) is 2. The van der Waals surface area contributed by atoms with Crippen molar-refractivity contribution in [2.24, 2.45) is 0 Å². The number of alkyl halides is 3. The van der Waals surface area contributed by atoms with Crippen molar-refractivity contribution in [2.45, 2.75) is 19.5 Å². The lowest BCUT2D eigenvalue weighted by molar-refractivity contribution is -0.138. The van der Waals surface area contributed by atoms with Crippen LogP contribution < -0.4 is 10.6 Å². The van der Waals surface area contributed by atoms with E-state index in [1.165, 1.54) is 19.1 Å². The molecular weight excluding hydrogens is 317 g/mol. The van der Waals surface area contributed by atoms with Crippen molar-refractivity contribution in [3.63, 3.8) is 0 Å². The van der Waals surface area contributed by atoms with E-state index in [4.69, 9.17) is 5.11 Å². The summed E-state index contributed by atoms with van der Waals surface area (Å²) in [5.41, 5.74) is -0.549. The summed E-state index contributed by atoms with van der Waals surface area (Å²) in [4.78, 5) is 11.6. The van der Waals surface area contributed by atoms with Crippen LogP contribution in [0.4, 0.5) is 23.7 Å². The average Bonchev–Trinajstić information content (AvgIpc) is 2.43. The van der Waals surface area contributed by atoms with E-state index < -0.39 is 17.8 Å². The second-order valence-electron chi connectivity index (χ2n) is 4.60. The Balaban J connectivity index is 2.45. The van der Waals surface area contributed by atoms with Crippen molar-refractivity contribution >= 4 is 23.5 Å². The van der Waals surface area contributed by atoms with Gasteiger partial charge in [0, 0.05) is 24.6 Å². The number of amides is 2. The quantitative estimate of drug-likeness (QED) is 0.670. The van der Waals surface area contributed by atoms with E-state index in [-0.39, 0.29) is 17.9 Å². The number of hydrogen-bond donors (Lipinski definition) is 3. The maximum atomic E-state index is 12.8. The number of aliphatic hydroxyl groups excluding tert-OH is 1. The Bertz CT molecular complexity index is 495. The first-order valence-electron chi connectivity index (χ1n) is 6.76. The monoisotopic (exact) mass is 336 g/mol. The van der Waals surface area contributed by atoms with Crippen molar-refractivity contribution in [3.05, 3.63) is 29.3 Å². The number of aliphatic hydroxyl groups is 1. The molecule has 1 aromatic carbocycles. The molecule has 124 valence electrons. The summed E-state index contributed by atoms with van der Waals surface area (Å²) < 4.78 is 38.3. The van der Waals surface area contributed by atoms with E-state index >= 15 is 0 Å². The fourth-order valence-corrected chi connectivity index (χ4v) is 2.47. The Labute approximate surface area is 131 Å². The SMILES string of the molecule is Cc1ccc(NC(=O)NCCSCCCO)cc1C(F)(F)F. The third-order valence-corrected chi connectivity index (χ3v) is 3.85. The van der Waals surface area contributed by atoms with Gasteiger partial charge in [0.05, 0.1) is 5.56 Å². The van der Waals surface area contributed by atoms with E-state index in [1.54, 1.807) is 11.8 Å². The number of benzene rings is 1. The van der Waals surface area contributed by atoms with Crippen LogP contribution in [-0.4, -0.2) is 35.8 Å². The maximum absolute atomic E-state index is 12.8. The van der Waals surface area contributed by atoms with Gasteiger partial charge in [-0.1, -0.05) is 6.07 Å². The molecule has 0 atom stereocenters. The highest BCUT2D eigenvalue weighted by Gasteiger charge is 2.32. The molecule has 0 heterocycles. The van der Waals surface area contributed by atoms with Gasteiger partial charge >= 0.3 is 12.2 Å². The second-order valence-corrected chi connectivity index (χ2v) is 5.82. The number of halogens is 3. The predicted molar refractivity (Wildman–Crippen MR) is 82.2 cm³/mol. The molecule has 22 heavy (non-hydrogen) atoms. The number of carbonyl (C=O) groups is 1. The van der Waals surface area contributed by atoms with Crippen LogP contribution in [-0.2, 0) is 6.18 Å². The van der Waals surface area contributed by atoms with Crippen LogP contribution in [0.3, 0.4) is 0 Å². The first-order chi connectivity index (χ1) is 10.3. The molecule has 4 nitrogen and oxygen atoms in total. The minimum atomic E-state index is -4.44. The Hall–Kier alpha value is -1.41. The summed E-state index contributed by atoms with van der Waals surface area (Å²) in [7, 11) is 0. The molecule has 2 amide bonds. The highest BCUT2D eigenvalue weighted by atomic mass is 32.2. The Morgan fingerprint density at radius 3 is 2.68 bits per heavy atom. The second kappa shape index (κ2) is 8.89. The van der Waals surface area contributed by atoms with Gasteiger partial charge in [0.1, 0.15) is 0 Å². The molecule has 1 aromatic rings. The van der Waals surface area contributed by atoms with E-state index in [0.717, 1.165) is 11.8 Å². The normalized spacial score (nSPS) is 11.3. The summed E-state index contributed by atoms with van der Waals surface area (Å²) in [6, 6.07) is 3.13. The standard InChI is InChI=1S/C14H19F3N2O2S/c1-10-3-4-11(9-12(10)14(15,16)17)19-13(21)18-5-8-22-7-2-6-20/h3-4,9,20H,2,5-8H2,1H3,(H2,18,19,21). The average molecular weight is 336 g/mol. The zero-order valence-corrected chi connectivity index (χ0v) is 13.0. The number of rotatable bonds is 7. The van der Waals surface area contributed by atoms with E-state index in [0.29, 0.717) is 18.7 Å². The van der Waals surface area contributed by atoms with Crippen LogP contribution in [0.2, 0.25) is 0 Å². The minimum Gasteiger partial charge on any atom is -0.396 e. The molecule has 0 aromatic heterocycles. The topological polar surface area (TPSA) is 61.4 Å². The van der Waals surface area contributed by atoms with Crippen molar-refractivity contribution in [3.8, 4) is 0 Å². The van der Waals surface area contributed by atoms with Gasteiger partial charge in [-0.25, -0.2) is 4.79 Å². The van der Waals surface area contributed by atoms with Crippen molar-refractivity contribution in [1.82, 2.24) is 5.32 Å². The van der Waals surface area contributed by atoms with Crippen molar-refractivity contribution in [2.75, 3.05) is 30.0 Å². The molecular formula is C14H19F3N2O2S. The van der Waals surface area contributed by atoms with Crippen LogP contribution in [0.5, 0.6) is 0 Å². The van der Waals surface area contributed by atoms with Crippen LogP contribution >= 0.6 is 11.8 Å². The van der Waals surface area contributed by atoms with E-state index in [2.05, 4.69) is 10.6 Å². The molecule has 1 rings (SSSR count). The molecule has 0 saturated heterocycles. The molecule has 0 saturated carbocycles. The van der Waals surface area contributed by atoms with Gasteiger partial charge in [-0.3, -0.25) is 0 Å². The van der Waals surface area contributed by atoms with Gasteiger partial charge in [-0.2, -0.15) is 24.9 Å². The molecule has 0 aliphatic rings. The molecule has 0 radical (unpaired) electrons. The predicted octanol–water partition coefficient (Wildman–Crippen LogP) is 3.25. The highest BCUT2D eigenvalue weighted by molar-refractivity contribution is 7.99. The van der Waals surface area contributed by atoms with E-state index in [1.807, 2.05) is 0 Å². The van der Waals surface area contributed by atoms with E-state index in [9.17, 15) is 18.0 Å². The third-order valence-electron chi connectivity index (χ3n) is 2.78. The lowest BCUT2D eigenvalue weighted by Crippen LogP contribution is -2.30. The van der Waals surface area contributed by atoms with Crippen LogP contribution in [0.15, 0.2) is 18.2 Å². The Kier molecular flexibility index (Phi) is 7.53. The zero-order valence-electron chi connectivity index (χ0n) is 12.2. The molecule has 0 unspecified atom stereocenters. The zero-order chi connectivity index (χ0) is 16.6. The molecule has 8 heteroatoms. The van der Waals surface area contributed by atoms with Gasteiger partial charge in [-0.15, -0.1) is 0 Å². The molecule has 0 spiro atoms. The van der Waals surface area contributed by atoms with Gasteiger partial charge in [-0.05, 0) is 36.8 Å². The first-order valence-corrected chi connectivity index (χ1v) is 7.91. The Morgan fingerprint density at radius 2 is 2.05 bits per heavy atom. The highest BCUT2D eigenvalue weighted by Crippen LogP contribution is 2.33. The number of urea groups is 1. The van der Waals surface area contributed by atoms with Gasteiger partial charge in [0.2, 0.25) is 0 Å². The van der Waals surface area contributed by atoms with Crippen molar-refractivity contribution < 1.29 is 23.1 Å². The summed E-state index contributed by atoms with van der Waals surface area (Å²) in [6.07, 6.45) is -3.75. The lowest BCUT2D eigenvalue weighted by atomic mass is 10.1. The molecule has 3 N–H and O–H groups in total. The van der Waals surface area contributed by atoms with Gasteiger partial charge in [0.15, 0.2) is 0 Å². The Morgan fingerprint density at radius 1 is 1.32 bits per heavy atom. The minimum absolute atomic E-state index is 0.100. The summed E-state index contributed by atoms with van der Waals surface area (Å²) in [5.74, 6) is 1.47. The summed E-state index contributed by atoms with van der Waals surface area (Å²) in [5, 5.41) is 13.6. The molecule has 0 aliphatic carbocycles. The van der Waals surface area contributed by atoms with Crippen LogP contribution in [0.25, 0.3) is 0 Å². The summed E-state index contributed by atoms with van der Waals surface area (Å²) >= 11 is 1.58. The van der Waals surface area contributed by atoms with Crippen LogP contribution in [0.1, 0.15) is 17.5 Å². The molecule has 0 aliphatic heterocycles. The number of carbonyl (C=O) groups excluding carboxylic acids is 1. The number of hydrogen-bond acceptors (Lipinski definition) is 3. The van der Waals surface area contributed by atoms with Crippen LogP contribution in [0, 0.1) is 6.92 Å². The van der Waals surface area contributed by atoms with Crippen molar-refractivity contribution in [1.29, 1.82) is 0 Å². The third kappa shape index (κ3) is 6.57. The smallest absolute Gasteiger partial charge is 0.396 e. The fraction of sp³-hybridized carbons (Fsp3) is 0.500. The van der Waals surface area contributed by atoms with Gasteiger partial charge < -0.3 is 15.7 Å². The lowest BCUT2D eigenvalue weighted by Gasteiger charge is -2.13. The summed E-state index contributed by atoms with van der Waals surface area (Å²) in [6.45, 7) is 1.91. The number of anilines is 1. The number of aryl methyl sites for hydroxylation is 1. The number of thioether (sulfide) groups is 1. The molecule has 0 fully saturated rings. The largest absolute Gasteiger partial charge is 0.416 e. The first kappa shape index (κ1) is 18.6. The maximum Gasteiger partial charge on any atom is 0.416 e. The van der Waals surface area contributed by atoms with Gasteiger partial charge in [0.25, 0.3) is 0 Å². The molecule has 0 bridgehead atoms. The fourth-order valence-electron chi connectivity index (χ4n) is 1.69.